The lowest BCUT2D eigenvalue weighted by atomic mass is 10.2. The van der Waals surface area contributed by atoms with Crippen molar-refractivity contribution in [2.45, 2.75) is 26.7 Å². The Bertz CT molecular complexity index is 733. The van der Waals surface area contributed by atoms with E-state index >= 15 is 0 Å². The van der Waals surface area contributed by atoms with Crippen molar-refractivity contribution in [3.63, 3.8) is 0 Å². The summed E-state index contributed by atoms with van der Waals surface area (Å²) in [4.78, 5) is 25.7. The van der Waals surface area contributed by atoms with Crippen LogP contribution in [0.4, 0.5) is 5.69 Å². The quantitative estimate of drug-likeness (QED) is 0.497. The maximum absolute atomic E-state index is 11.7. The molecule has 2 amide bonds. The van der Waals surface area contributed by atoms with E-state index in [4.69, 9.17) is 4.42 Å². The molecule has 2 rings (SSSR count). The third-order valence-corrected chi connectivity index (χ3v) is 3.80. The molecule has 0 fully saturated rings. The number of nitrogens with one attached hydrogen (secondary N) is 2. The van der Waals surface area contributed by atoms with Gasteiger partial charge in [0.2, 0.25) is 0 Å². The van der Waals surface area contributed by atoms with Crippen molar-refractivity contribution in [3.05, 3.63) is 54.0 Å². The van der Waals surface area contributed by atoms with Gasteiger partial charge in [-0.1, -0.05) is 26.0 Å². The average molecular weight is 370 g/mol. The molecule has 0 atom stereocenters. The lowest BCUT2D eigenvalue weighted by molar-refractivity contribution is -0.120. The highest BCUT2D eigenvalue weighted by Gasteiger charge is 2.09. The zero-order valence-corrected chi connectivity index (χ0v) is 15.8. The van der Waals surface area contributed by atoms with Crippen molar-refractivity contribution in [2.24, 2.45) is 5.10 Å². The molecule has 0 radical (unpaired) electrons. The van der Waals surface area contributed by atoms with Crippen LogP contribution < -0.4 is 15.6 Å². The Labute approximate surface area is 159 Å². The van der Waals surface area contributed by atoms with Crippen molar-refractivity contribution in [1.29, 1.82) is 0 Å². The number of furan rings is 1. The fourth-order valence-corrected chi connectivity index (χ4v) is 2.55. The Morgan fingerprint density at radius 2 is 1.81 bits per heavy atom. The molecule has 144 valence electrons. The van der Waals surface area contributed by atoms with E-state index in [1.165, 1.54) is 18.0 Å². The van der Waals surface area contributed by atoms with E-state index in [-0.39, 0.29) is 12.3 Å². The first-order valence-electron chi connectivity index (χ1n) is 9.12. The Hall–Kier alpha value is -3.09. The zero-order chi connectivity index (χ0) is 19.5. The van der Waals surface area contributed by atoms with Crippen LogP contribution in [0, 0.1) is 0 Å². The van der Waals surface area contributed by atoms with Gasteiger partial charge in [0.25, 0.3) is 11.8 Å². The number of hydrogen-bond acceptors (Lipinski definition) is 5. The minimum absolute atomic E-state index is 0.159. The Morgan fingerprint density at radius 1 is 1.11 bits per heavy atom. The lowest BCUT2D eigenvalue weighted by Crippen LogP contribution is -2.34. The van der Waals surface area contributed by atoms with Crippen molar-refractivity contribution >= 4 is 23.7 Å². The molecule has 7 nitrogen and oxygen atoms in total. The van der Waals surface area contributed by atoms with Crippen LogP contribution in [0.2, 0.25) is 0 Å². The van der Waals surface area contributed by atoms with E-state index in [2.05, 4.69) is 46.7 Å². The second kappa shape index (κ2) is 10.8. The van der Waals surface area contributed by atoms with Crippen molar-refractivity contribution in [3.8, 4) is 0 Å². The van der Waals surface area contributed by atoms with Crippen molar-refractivity contribution in [2.75, 3.05) is 24.5 Å². The van der Waals surface area contributed by atoms with Crippen LogP contribution in [0.15, 0.2) is 52.2 Å². The summed E-state index contributed by atoms with van der Waals surface area (Å²) in [6.45, 7) is 6.22. The number of amides is 2. The van der Waals surface area contributed by atoms with Crippen molar-refractivity contribution in [1.82, 2.24) is 10.7 Å². The minimum Gasteiger partial charge on any atom is -0.459 e. The minimum atomic E-state index is -0.446. The normalized spacial score (nSPS) is 10.7. The second-order valence-electron chi connectivity index (χ2n) is 6.03. The molecule has 0 bridgehead atoms. The zero-order valence-electron chi connectivity index (χ0n) is 15.8. The van der Waals surface area contributed by atoms with Gasteiger partial charge < -0.3 is 14.6 Å². The fourth-order valence-electron chi connectivity index (χ4n) is 2.55. The van der Waals surface area contributed by atoms with E-state index in [0.717, 1.165) is 31.5 Å². The lowest BCUT2D eigenvalue weighted by Gasteiger charge is -2.23. The van der Waals surface area contributed by atoms with Gasteiger partial charge in [0.15, 0.2) is 5.76 Å². The molecule has 2 N–H and O–H groups in total. The first kappa shape index (κ1) is 20.2. The Balaban J connectivity index is 1.79. The van der Waals surface area contributed by atoms with Crippen LogP contribution >= 0.6 is 0 Å². The van der Waals surface area contributed by atoms with E-state index in [0.29, 0.717) is 0 Å². The highest BCUT2D eigenvalue weighted by atomic mass is 16.3. The van der Waals surface area contributed by atoms with Gasteiger partial charge in [-0.25, -0.2) is 5.43 Å². The number of rotatable bonds is 10. The van der Waals surface area contributed by atoms with Crippen LogP contribution in [0.5, 0.6) is 0 Å². The van der Waals surface area contributed by atoms with Gasteiger partial charge in [0.1, 0.15) is 0 Å². The number of benzene rings is 1. The van der Waals surface area contributed by atoms with E-state index < -0.39 is 11.8 Å². The summed E-state index contributed by atoms with van der Waals surface area (Å²) in [5.41, 5.74) is 4.45. The van der Waals surface area contributed by atoms with Crippen LogP contribution in [-0.2, 0) is 4.79 Å². The number of carbonyl (C=O) groups is 2. The molecular formula is C20H26N4O3. The van der Waals surface area contributed by atoms with Gasteiger partial charge in [0.05, 0.1) is 19.0 Å². The molecule has 1 heterocycles. The van der Waals surface area contributed by atoms with Gasteiger partial charge in [-0.05, 0) is 42.7 Å². The number of hydrazone groups is 1. The molecule has 2 aromatic rings. The Morgan fingerprint density at radius 3 is 2.41 bits per heavy atom. The molecule has 0 aliphatic carbocycles. The summed E-state index contributed by atoms with van der Waals surface area (Å²) < 4.78 is 4.95. The van der Waals surface area contributed by atoms with Crippen molar-refractivity contribution < 1.29 is 14.0 Å². The molecule has 1 aromatic carbocycles. The van der Waals surface area contributed by atoms with Crippen LogP contribution in [0.25, 0.3) is 0 Å². The molecule has 0 aliphatic heterocycles. The molecule has 1 aromatic heterocycles. The summed E-state index contributed by atoms with van der Waals surface area (Å²) in [6, 6.07) is 11.2. The smallest absolute Gasteiger partial charge is 0.287 e. The molecular weight excluding hydrogens is 344 g/mol. The van der Waals surface area contributed by atoms with Gasteiger partial charge in [0, 0.05) is 18.8 Å². The second-order valence-corrected chi connectivity index (χ2v) is 6.03. The molecule has 27 heavy (non-hydrogen) atoms. The third-order valence-electron chi connectivity index (χ3n) is 3.80. The highest BCUT2D eigenvalue weighted by Crippen LogP contribution is 2.15. The van der Waals surface area contributed by atoms with E-state index in [1.54, 1.807) is 12.3 Å². The standard InChI is InChI=1S/C20H26N4O3/c1-3-11-24(12-4-2)17-9-7-16(8-10-17)14-22-23-19(25)15-21-20(26)18-6-5-13-27-18/h5-10,13-14H,3-4,11-12,15H2,1-2H3,(H,21,26)(H,23,25)/b22-14-. The SMILES string of the molecule is CCCN(CCC)c1ccc(/C=N\NC(=O)CNC(=O)c2ccco2)cc1. The van der Waals surface area contributed by atoms with Gasteiger partial charge >= 0.3 is 0 Å². The first-order chi connectivity index (χ1) is 13.1. The highest BCUT2D eigenvalue weighted by molar-refractivity contribution is 5.94. The third kappa shape index (κ3) is 6.62. The Kier molecular flexibility index (Phi) is 8.09. The average Bonchev–Trinajstić information content (AvgIpc) is 3.21. The van der Waals surface area contributed by atoms with Gasteiger partial charge in [-0.3, -0.25) is 9.59 Å². The predicted octanol–water partition coefficient (Wildman–Crippen LogP) is 2.79. The summed E-state index contributed by atoms with van der Waals surface area (Å²) in [5, 5.41) is 6.37. The van der Waals surface area contributed by atoms with Crippen LogP contribution in [0.3, 0.4) is 0 Å². The molecule has 0 unspecified atom stereocenters. The molecule has 0 spiro atoms. The predicted molar refractivity (Wildman–Crippen MR) is 106 cm³/mol. The fraction of sp³-hybridized carbons (Fsp3) is 0.350. The number of carbonyl (C=O) groups excluding carboxylic acids is 2. The first-order valence-corrected chi connectivity index (χ1v) is 9.12. The van der Waals surface area contributed by atoms with Gasteiger partial charge in [-0.15, -0.1) is 0 Å². The maximum atomic E-state index is 11.7. The number of nitrogens with zero attached hydrogens (tertiary/aromatic N) is 2. The topological polar surface area (TPSA) is 86.9 Å². The van der Waals surface area contributed by atoms with Gasteiger partial charge in [-0.2, -0.15) is 5.10 Å². The van der Waals surface area contributed by atoms with Crippen LogP contribution in [-0.4, -0.2) is 37.7 Å². The number of hydrogen-bond donors (Lipinski definition) is 2. The largest absolute Gasteiger partial charge is 0.459 e. The summed E-state index contributed by atoms with van der Waals surface area (Å²) in [6.07, 6.45) is 5.17. The van der Waals surface area contributed by atoms with E-state index in [9.17, 15) is 9.59 Å². The summed E-state index contributed by atoms with van der Waals surface area (Å²) >= 11 is 0. The monoisotopic (exact) mass is 370 g/mol. The maximum Gasteiger partial charge on any atom is 0.287 e. The van der Waals surface area contributed by atoms with Crippen LogP contribution in [0.1, 0.15) is 42.8 Å². The number of anilines is 1. The summed E-state index contributed by atoms with van der Waals surface area (Å²) in [5.74, 6) is -0.704. The molecule has 0 saturated carbocycles. The molecule has 7 heteroatoms. The molecule has 0 saturated heterocycles. The molecule has 0 aliphatic rings. The summed E-state index contributed by atoms with van der Waals surface area (Å²) in [7, 11) is 0. The van der Waals surface area contributed by atoms with E-state index in [1.807, 2.05) is 12.1 Å².